The smallest absolute Gasteiger partial charge is 0.270 e. The fraction of sp³-hybridized carbons (Fsp3) is 0.550. The van der Waals surface area contributed by atoms with Crippen molar-refractivity contribution in [3.63, 3.8) is 0 Å². The van der Waals surface area contributed by atoms with E-state index < -0.39 is 10.3 Å². The summed E-state index contributed by atoms with van der Waals surface area (Å²) in [6.07, 6.45) is 1.92. The molecule has 9 heteroatoms. The highest BCUT2D eigenvalue weighted by Gasteiger charge is 2.64. The molecular formula is C20H24BrN3O5. The van der Waals surface area contributed by atoms with Crippen LogP contribution in [0.15, 0.2) is 22.7 Å². The number of fused-ring (bicyclic) bond motifs is 2. The van der Waals surface area contributed by atoms with E-state index in [4.69, 9.17) is 0 Å². The van der Waals surface area contributed by atoms with Crippen LogP contribution in [0.3, 0.4) is 0 Å². The van der Waals surface area contributed by atoms with E-state index in [9.17, 15) is 24.5 Å². The second kappa shape index (κ2) is 7.51. The molecule has 1 aromatic carbocycles. The minimum atomic E-state index is -0.544. The molecular weight excluding hydrogens is 442 g/mol. The first kappa shape index (κ1) is 21.4. The zero-order valence-corrected chi connectivity index (χ0v) is 18.2. The molecule has 1 saturated heterocycles. The third-order valence-electron chi connectivity index (χ3n) is 6.73. The molecule has 1 heterocycles. The molecule has 2 aliphatic rings. The van der Waals surface area contributed by atoms with Gasteiger partial charge in [0.2, 0.25) is 17.7 Å². The van der Waals surface area contributed by atoms with Gasteiger partial charge in [-0.25, -0.2) is 0 Å². The molecule has 2 fully saturated rings. The van der Waals surface area contributed by atoms with Crippen molar-refractivity contribution in [1.82, 2.24) is 4.90 Å². The normalized spacial score (nSPS) is 25.2. The topological polar surface area (TPSA) is 110 Å². The number of hydrogen-bond acceptors (Lipinski definition) is 5. The van der Waals surface area contributed by atoms with Crippen LogP contribution in [0.4, 0.5) is 11.4 Å². The van der Waals surface area contributed by atoms with Crippen molar-refractivity contribution in [3.05, 3.63) is 32.8 Å². The third-order valence-corrected chi connectivity index (χ3v) is 7.39. The molecule has 0 aromatic heterocycles. The Kier molecular flexibility index (Phi) is 5.55. The summed E-state index contributed by atoms with van der Waals surface area (Å²) >= 11 is 3.21. The molecule has 2 bridgehead atoms. The van der Waals surface area contributed by atoms with Crippen LogP contribution in [0.1, 0.15) is 46.5 Å². The second-order valence-electron chi connectivity index (χ2n) is 8.51. The lowest BCUT2D eigenvalue weighted by Crippen LogP contribution is -2.59. The highest BCUT2D eigenvalue weighted by Crippen LogP contribution is 2.60. The van der Waals surface area contributed by atoms with E-state index in [0.717, 1.165) is 6.42 Å². The average molecular weight is 466 g/mol. The number of anilines is 1. The Morgan fingerprint density at radius 1 is 1.34 bits per heavy atom. The van der Waals surface area contributed by atoms with E-state index in [1.807, 2.05) is 20.8 Å². The lowest BCUT2D eigenvalue weighted by molar-refractivity contribution is -0.384. The van der Waals surface area contributed by atoms with Crippen molar-refractivity contribution in [3.8, 4) is 0 Å². The van der Waals surface area contributed by atoms with Crippen molar-refractivity contribution in [1.29, 1.82) is 0 Å². The number of carbonyl (C=O) groups excluding carboxylic acids is 3. The molecule has 1 aliphatic carbocycles. The molecule has 156 valence electrons. The van der Waals surface area contributed by atoms with Gasteiger partial charge in [-0.3, -0.25) is 29.4 Å². The van der Waals surface area contributed by atoms with Crippen LogP contribution in [0.2, 0.25) is 0 Å². The predicted octanol–water partition coefficient (Wildman–Crippen LogP) is 3.89. The Balaban J connectivity index is 1.58. The maximum atomic E-state index is 13.0. The van der Waals surface area contributed by atoms with Gasteiger partial charge in [-0.2, -0.15) is 0 Å². The van der Waals surface area contributed by atoms with E-state index in [-0.39, 0.29) is 47.7 Å². The Labute approximate surface area is 177 Å². The highest BCUT2D eigenvalue weighted by molar-refractivity contribution is 9.10. The minimum Gasteiger partial charge on any atom is -0.325 e. The number of non-ortho nitro benzene ring substituents is 1. The molecule has 1 saturated carbocycles. The highest BCUT2D eigenvalue weighted by atomic mass is 79.9. The van der Waals surface area contributed by atoms with Crippen LogP contribution in [-0.4, -0.2) is 34.1 Å². The summed E-state index contributed by atoms with van der Waals surface area (Å²) in [5, 5.41) is 13.5. The largest absolute Gasteiger partial charge is 0.325 e. The average Bonchev–Trinajstić information content (AvgIpc) is 2.83. The molecule has 1 aliphatic heterocycles. The number of nitrogens with one attached hydrogen (secondary N) is 1. The van der Waals surface area contributed by atoms with Gasteiger partial charge in [-0.15, -0.1) is 0 Å². The fourth-order valence-corrected chi connectivity index (χ4v) is 4.91. The molecule has 2 unspecified atom stereocenters. The van der Waals surface area contributed by atoms with E-state index in [0.29, 0.717) is 23.0 Å². The van der Waals surface area contributed by atoms with E-state index in [1.54, 1.807) is 0 Å². The van der Waals surface area contributed by atoms with Crippen LogP contribution < -0.4 is 5.32 Å². The van der Waals surface area contributed by atoms with E-state index in [1.165, 1.54) is 23.1 Å². The Hall–Kier alpha value is -2.29. The van der Waals surface area contributed by atoms with Gasteiger partial charge >= 0.3 is 0 Å². The summed E-state index contributed by atoms with van der Waals surface area (Å²) in [5.41, 5.74) is -0.546. The summed E-state index contributed by atoms with van der Waals surface area (Å²) in [7, 11) is 0. The number of benzene rings is 1. The van der Waals surface area contributed by atoms with Crippen LogP contribution in [0, 0.1) is 26.9 Å². The summed E-state index contributed by atoms with van der Waals surface area (Å²) in [5.74, 6) is -0.714. The van der Waals surface area contributed by atoms with Crippen molar-refractivity contribution in [2.24, 2.45) is 16.7 Å². The first-order valence-electron chi connectivity index (χ1n) is 9.58. The summed E-state index contributed by atoms with van der Waals surface area (Å²) in [4.78, 5) is 49.6. The van der Waals surface area contributed by atoms with E-state index >= 15 is 0 Å². The summed E-state index contributed by atoms with van der Waals surface area (Å²) in [6.45, 7) is 6.14. The fourth-order valence-electron chi connectivity index (χ4n) is 4.44. The Bertz CT molecular complexity index is 900. The van der Waals surface area contributed by atoms with E-state index in [2.05, 4.69) is 21.2 Å². The number of nitrogens with zero attached hydrogens (tertiary/aromatic N) is 2. The number of piperidine rings is 1. The lowest BCUT2D eigenvalue weighted by atomic mass is 9.62. The van der Waals surface area contributed by atoms with Crippen molar-refractivity contribution in [2.75, 3.05) is 11.9 Å². The van der Waals surface area contributed by atoms with Gasteiger partial charge in [0.05, 0.1) is 16.0 Å². The standard InChI is InChI=1S/C20H24BrN3O5/c1-19(2)13-8-9-20(19,3)18(27)23(17(13)26)10-4-5-16(25)22-15-7-6-12(24(28)29)11-14(15)21/h6-7,11,13H,4-5,8-10H2,1-3H3,(H,22,25). The first-order chi connectivity index (χ1) is 13.5. The molecule has 3 amide bonds. The van der Waals surface area contributed by atoms with Crippen LogP contribution in [-0.2, 0) is 14.4 Å². The molecule has 2 atom stereocenters. The SMILES string of the molecule is CC12CCC(C(=O)N(CCCC(=O)Nc3ccc([N+](=O)[O-])cc3Br)C1=O)C2(C)C. The lowest BCUT2D eigenvalue weighted by Gasteiger charge is -2.47. The first-order valence-corrected chi connectivity index (χ1v) is 10.4. The maximum Gasteiger partial charge on any atom is 0.270 e. The number of nitro benzene ring substituents is 1. The molecule has 29 heavy (non-hydrogen) atoms. The molecule has 8 nitrogen and oxygen atoms in total. The number of rotatable bonds is 6. The second-order valence-corrected chi connectivity index (χ2v) is 9.37. The number of carbonyl (C=O) groups is 3. The van der Waals surface area contributed by atoms with Crippen molar-refractivity contribution >= 4 is 45.0 Å². The Morgan fingerprint density at radius 3 is 2.66 bits per heavy atom. The number of hydrogen-bond donors (Lipinski definition) is 1. The van der Waals surface area contributed by atoms with Gasteiger partial charge in [-0.05, 0) is 46.7 Å². The van der Waals surface area contributed by atoms with Gasteiger partial charge in [-0.1, -0.05) is 20.8 Å². The van der Waals surface area contributed by atoms with Crippen LogP contribution in [0.25, 0.3) is 0 Å². The quantitative estimate of drug-likeness (QED) is 0.389. The van der Waals surface area contributed by atoms with Crippen molar-refractivity contribution in [2.45, 2.75) is 46.5 Å². The van der Waals surface area contributed by atoms with Gasteiger partial charge in [0, 0.05) is 35.5 Å². The van der Waals surface area contributed by atoms with Gasteiger partial charge < -0.3 is 5.32 Å². The molecule has 0 spiro atoms. The zero-order valence-electron chi connectivity index (χ0n) is 16.7. The van der Waals surface area contributed by atoms with Gasteiger partial charge in [0.15, 0.2) is 0 Å². The monoisotopic (exact) mass is 465 g/mol. The minimum absolute atomic E-state index is 0.0805. The maximum absolute atomic E-state index is 13.0. The summed E-state index contributed by atoms with van der Waals surface area (Å²) < 4.78 is 0.410. The zero-order chi connectivity index (χ0) is 21.6. The third kappa shape index (κ3) is 3.56. The van der Waals surface area contributed by atoms with Crippen LogP contribution in [0.5, 0.6) is 0 Å². The molecule has 1 N–H and O–H groups in total. The predicted molar refractivity (Wildman–Crippen MR) is 110 cm³/mol. The Morgan fingerprint density at radius 2 is 2.03 bits per heavy atom. The number of likely N-dealkylation sites (tertiary alicyclic amines) is 1. The van der Waals surface area contributed by atoms with Crippen molar-refractivity contribution < 1.29 is 19.3 Å². The molecule has 0 radical (unpaired) electrons. The van der Waals surface area contributed by atoms with Gasteiger partial charge in [0.25, 0.3) is 5.69 Å². The number of amides is 3. The van der Waals surface area contributed by atoms with Crippen LogP contribution >= 0.6 is 15.9 Å². The number of halogens is 1. The summed E-state index contributed by atoms with van der Waals surface area (Å²) in [6, 6.07) is 4.08. The number of nitro groups is 1. The molecule has 3 rings (SSSR count). The number of imide groups is 1. The molecule has 1 aromatic rings. The van der Waals surface area contributed by atoms with Gasteiger partial charge in [0.1, 0.15) is 0 Å².